The number of likely N-dealkylation sites (tertiary alicyclic amines) is 1. The van der Waals surface area contributed by atoms with E-state index in [1.165, 1.54) is 5.56 Å². The summed E-state index contributed by atoms with van der Waals surface area (Å²) in [7, 11) is 3.55. The average molecular weight is 543 g/mol. The van der Waals surface area contributed by atoms with Gasteiger partial charge < -0.3 is 19.9 Å². The molecule has 3 rings (SSSR count). The first-order chi connectivity index (χ1) is 14.6. The minimum absolute atomic E-state index is 0. The van der Waals surface area contributed by atoms with Gasteiger partial charge in [0.25, 0.3) is 0 Å². The third kappa shape index (κ3) is 7.24. The lowest BCUT2D eigenvalue weighted by atomic mass is 10.1. The van der Waals surface area contributed by atoms with Crippen LogP contribution in [-0.2, 0) is 11.2 Å². The largest absolute Gasteiger partial charge is 0.497 e. The lowest BCUT2D eigenvalue weighted by Crippen LogP contribution is -2.57. The molecule has 2 heterocycles. The Kier molecular flexibility index (Phi) is 10.9. The topological polar surface area (TPSA) is 60.4 Å². The van der Waals surface area contributed by atoms with Crippen molar-refractivity contribution < 1.29 is 9.53 Å². The molecular formula is C23H38IN5O2. The summed E-state index contributed by atoms with van der Waals surface area (Å²) in [5.41, 5.74) is 1.29. The van der Waals surface area contributed by atoms with E-state index in [-0.39, 0.29) is 30.0 Å². The Morgan fingerprint density at radius 2 is 1.84 bits per heavy atom. The van der Waals surface area contributed by atoms with Crippen LogP contribution in [0.5, 0.6) is 5.75 Å². The molecule has 1 aromatic carbocycles. The molecule has 31 heavy (non-hydrogen) atoms. The number of guanidine groups is 1. The molecule has 174 valence electrons. The zero-order valence-electron chi connectivity index (χ0n) is 19.2. The van der Waals surface area contributed by atoms with Gasteiger partial charge in [-0.05, 0) is 50.3 Å². The van der Waals surface area contributed by atoms with Crippen LogP contribution in [0.25, 0.3) is 0 Å². The molecule has 0 saturated carbocycles. The van der Waals surface area contributed by atoms with Crippen LogP contribution in [0.1, 0.15) is 31.7 Å². The molecule has 1 aromatic rings. The van der Waals surface area contributed by atoms with Crippen LogP contribution in [0.3, 0.4) is 0 Å². The molecule has 0 aromatic heterocycles. The second-order valence-electron chi connectivity index (χ2n) is 8.16. The number of rotatable bonds is 7. The fourth-order valence-electron chi connectivity index (χ4n) is 4.33. The number of piperazine rings is 1. The van der Waals surface area contributed by atoms with Crippen LogP contribution in [0.4, 0.5) is 0 Å². The summed E-state index contributed by atoms with van der Waals surface area (Å²) in [4.78, 5) is 23.8. The maximum atomic E-state index is 12.7. The van der Waals surface area contributed by atoms with Crippen LogP contribution >= 0.6 is 24.0 Å². The average Bonchev–Trinajstić information content (AvgIpc) is 3.33. The Morgan fingerprint density at radius 3 is 2.48 bits per heavy atom. The lowest BCUT2D eigenvalue weighted by Gasteiger charge is -2.39. The van der Waals surface area contributed by atoms with Gasteiger partial charge in [0.05, 0.1) is 13.2 Å². The highest BCUT2D eigenvalue weighted by Crippen LogP contribution is 2.15. The minimum atomic E-state index is -0.0249. The van der Waals surface area contributed by atoms with Crippen molar-refractivity contribution in [2.75, 3.05) is 60.0 Å². The summed E-state index contributed by atoms with van der Waals surface area (Å²) in [5.74, 6) is 2.16. The molecule has 1 amide bonds. The third-order valence-corrected chi connectivity index (χ3v) is 6.21. The molecule has 1 atom stereocenters. The monoisotopic (exact) mass is 543 g/mol. The maximum Gasteiger partial charge on any atom is 0.239 e. The molecule has 0 bridgehead atoms. The van der Waals surface area contributed by atoms with Crippen molar-refractivity contribution in [3.8, 4) is 5.75 Å². The first-order valence-corrected chi connectivity index (χ1v) is 11.2. The number of halogens is 1. The SMILES string of the molecule is CN=C(NCCCc1cccc(OC)c1)N1CCN(C(C)C(=O)N2CCCC2)CC1.I. The number of hydrogen-bond donors (Lipinski definition) is 1. The van der Waals surface area contributed by atoms with Gasteiger partial charge in [-0.15, -0.1) is 24.0 Å². The van der Waals surface area contributed by atoms with E-state index in [4.69, 9.17) is 4.74 Å². The van der Waals surface area contributed by atoms with Gasteiger partial charge in [0, 0.05) is 52.9 Å². The highest BCUT2D eigenvalue weighted by molar-refractivity contribution is 14.0. The van der Waals surface area contributed by atoms with E-state index in [1.807, 2.05) is 24.1 Å². The fraction of sp³-hybridized carbons (Fsp3) is 0.652. The first-order valence-electron chi connectivity index (χ1n) is 11.2. The van der Waals surface area contributed by atoms with Crippen molar-refractivity contribution in [2.24, 2.45) is 4.99 Å². The number of aryl methyl sites for hydroxylation is 1. The zero-order valence-corrected chi connectivity index (χ0v) is 21.5. The highest BCUT2D eigenvalue weighted by atomic mass is 127. The van der Waals surface area contributed by atoms with E-state index in [0.29, 0.717) is 5.91 Å². The molecule has 1 N–H and O–H groups in total. The van der Waals surface area contributed by atoms with E-state index in [2.05, 4.69) is 39.2 Å². The van der Waals surface area contributed by atoms with Gasteiger partial charge in [-0.2, -0.15) is 0 Å². The Labute approximate surface area is 204 Å². The number of amides is 1. The number of methoxy groups -OCH3 is 1. The Hall–Kier alpha value is -1.55. The Bertz CT molecular complexity index is 716. The van der Waals surface area contributed by atoms with Crippen molar-refractivity contribution in [3.63, 3.8) is 0 Å². The van der Waals surface area contributed by atoms with E-state index in [0.717, 1.165) is 83.2 Å². The molecular weight excluding hydrogens is 505 g/mol. The number of ether oxygens (including phenoxy) is 1. The van der Waals surface area contributed by atoms with E-state index >= 15 is 0 Å². The van der Waals surface area contributed by atoms with Gasteiger partial charge in [0.2, 0.25) is 5.91 Å². The number of nitrogens with one attached hydrogen (secondary N) is 1. The van der Waals surface area contributed by atoms with Gasteiger partial charge in [-0.3, -0.25) is 14.7 Å². The second kappa shape index (κ2) is 13.1. The van der Waals surface area contributed by atoms with Gasteiger partial charge in [-0.25, -0.2) is 0 Å². The molecule has 0 spiro atoms. The number of benzene rings is 1. The summed E-state index contributed by atoms with van der Waals surface area (Å²) in [6, 6.07) is 8.22. The van der Waals surface area contributed by atoms with Gasteiger partial charge in [-0.1, -0.05) is 12.1 Å². The second-order valence-corrected chi connectivity index (χ2v) is 8.16. The van der Waals surface area contributed by atoms with E-state index < -0.39 is 0 Å². The predicted octanol–water partition coefficient (Wildman–Crippen LogP) is 2.45. The molecule has 2 saturated heterocycles. The zero-order chi connectivity index (χ0) is 21.3. The molecule has 2 aliphatic heterocycles. The third-order valence-electron chi connectivity index (χ3n) is 6.21. The van der Waals surface area contributed by atoms with Crippen molar-refractivity contribution in [2.45, 2.75) is 38.6 Å². The highest BCUT2D eigenvalue weighted by Gasteiger charge is 2.30. The summed E-state index contributed by atoms with van der Waals surface area (Å²) < 4.78 is 5.30. The molecule has 7 nitrogen and oxygen atoms in total. The van der Waals surface area contributed by atoms with Crippen LogP contribution in [0.2, 0.25) is 0 Å². The van der Waals surface area contributed by atoms with Crippen molar-refractivity contribution in [1.82, 2.24) is 20.0 Å². The smallest absolute Gasteiger partial charge is 0.239 e. The summed E-state index contributed by atoms with van der Waals surface area (Å²) in [6.45, 7) is 8.37. The van der Waals surface area contributed by atoms with Gasteiger partial charge in [0.15, 0.2) is 5.96 Å². The van der Waals surface area contributed by atoms with Crippen molar-refractivity contribution >= 4 is 35.8 Å². The lowest BCUT2D eigenvalue weighted by molar-refractivity contribution is -0.135. The maximum absolute atomic E-state index is 12.7. The van der Waals surface area contributed by atoms with E-state index in [9.17, 15) is 4.79 Å². The molecule has 2 aliphatic rings. The molecule has 0 aliphatic carbocycles. The summed E-state index contributed by atoms with van der Waals surface area (Å²) in [5, 5.41) is 3.50. The number of hydrogen-bond acceptors (Lipinski definition) is 4. The van der Waals surface area contributed by atoms with Crippen LogP contribution in [-0.4, -0.2) is 92.6 Å². The van der Waals surface area contributed by atoms with E-state index in [1.54, 1.807) is 7.11 Å². The molecule has 1 unspecified atom stereocenters. The number of aliphatic imine (C=N–C) groups is 1. The Balaban J connectivity index is 0.00000341. The normalized spacial score (nSPS) is 18.5. The summed E-state index contributed by atoms with van der Waals surface area (Å²) in [6.07, 6.45) is 4.33. The van der Waals surface area contributed by atoms with Crippen LogP contribution in [0.15, 0.2) is 29.3 Å². The predicted molar refractivity (Wildman–Crippen MR) is 137 cm³/mol. The quantitative estimate of drug-likeness (QED) is 0.248. The first kappa shape index (κ1) is 25.7. The molecule has 8 heteroatoms. The standard InChI is InChI=1S/C23H37N5O2.HI/c1-19(22(29)27-12-4-5-13-27)26-14-16-28(17-15-26)23(24-2)25-11-7-9-20-8-6-10-21(18-20)30-3;/h6,8,10,18-19H,4-5,7,9,11-17H2,1-3H3,(H,24,25);1H. The van der Waals surface area contributed by atoms with Gasteiger partial charge in [0.1, 0.15) is 5.75 Å². The van der Waals surface area contributed by atoms with Gasteiger partial charge >= 0.3 is 0 Å². The van der Waals surface area contributed by atoms with Crippen molar-refractivity contribution in [3.05, 3.63) is 29.8 Å². The minimum Gasteiger partial charge on any atom is -0.497 e. The number of carbonyl (C=O) groups is 1. The van der Waals surface area contributed by atoms with Crippen LogP contribution < -0.4 is 10.1 Å². The molecule has 2 fully saturated rings. The number of nitrogens with zero attached hydrogens (tertiary/aromatic N) is 4. The Morgan fingerprint density at radius 1 is 1.13 bits per heavy atom. The summed E-state index contributed by atoms with van der Waals surface area (Å²) >= 11 is 0. The fourth-order valence-corrected chi connectivity index (χ4v) is 4.33. The van der Waals surface area contributed by atoms with Crippen molar-refractivity contribution in [1.29, 1.82) is 0 Å². The molecule has 0 radical (unpaired) electrons. The number of carbonyl (C=O) groups excluding carboxylic acids is 1. The van der Waals surface area contributed by atoms with Crippen LogP contribution in [0, 0.1) is 0 Å².